The molecule has 0 aliphatic carbocycles. The minimum atomic E-state index is -0.391. The van der Waals surface area contributed by atoms with E-state index in [0.29, 0.717) is 19.6 Å². The first-order valence-corrected chi connectivity index (χ1v) is 7.94. The molecule has 0 aromatic carbocycles. The number of hydrogen-bond acceptors (Lipinski definition) is 5. The van der Waals surface area contributed by atoms with Crippen LogP contribution in [0.5, 0.6) is 0 Å². The van der Waals surface area contributed by atoms with Crippen molar-refractivity contribution in [1.82, 2.24) is 15.1 Å². The van der Waals surface area contributed by atoms with Crippen LogP contribution >= 0.6 is 11.8 Å². The number of nitrogens with zero attached hydrogens (tertiary/aromatic N) is 2. The molecule has 0 radical (unpaired) electrons. The Morgan fingerprint density at radius 3 is 2.47 bits per heavy atom. The molecule has 1 atom stereocenters. The first kappa shape index (κ1) is 16.3. The van der Waals surface area contributed by atoms with Gasteiger partial charge in [0.15, 0.2) is 0 Å². The maximum absolute atomic E-state index is 12.1. The van der Waals surface area contributed by atoms with E-state index in [0.717, 1.165) is 25.3 Å². The monoisotopic (exact) mass is 288 g/mol. The summed E-state index contributed by atoms with van der Waals surface area (Å²) in [5, 5.41) is 2.60. The van der Waals surface area contributed by atoms with Gasteiger partial charge in [-0.2, -0.15) is 11.8 Å². The summed E-state index contributed by atoms with van der Waals surface area (Å²) < 4.78 is 0. The number of likely N-dealkylation sites (N-methyl/N-ethyl adjacent to an activating group) is 1. The van der Waals surface area contributed by atoms with Crippen molar-refractivity contribution in [2.45, 2.75) is 12.5 Å². The van der Waals surface area contributed by atoms with Gasteiger partial charge in [0.2, 0.25) is 11.8 Å². The van der Waals surface area contributed by atoms with Crippen molar-refractivity contribution in [1.29, 1.82) is 0 Å². The first-order chi connectivity index (χ1) is 9.08. The second-order valence-corrected chi connectivity index (χ2v) is 5.65. The smallest absolute Gasteiger partial charge is 0.239 e. The van der Waals surface area contributed by atoms with E-state index in [1.165, 1.54) is 0 Å². The molecular formula is C12H24N4O2S. The summed E-state index contributed by atoms with van der Waals surface area (Å²) in [7, 11) is 1.63. The van der Waals surface area contributed by atoms with Crippen LogP contribution in [-0.2, 0) is 9.59 Å². The highest BCUT2D eigenvalue weighted by Gasteiger charge is 2.25. The van der Waals surface area contributed by atoms with Crippen molar-refractivity contribution in [3.05, 3.63) is 0 Å². The van der Waals surface area contributed by atoms with Crippen LogP contribution in [0.3, 0.4) is 0 Å². The SMILES string of the molecule is CNC(=O)CN1CCN(C(=O)[C@H](N)CCSC)CC1. The lowest BCUT2D eigenvalue weighted by atomic mass is 10.2. The highest BCUT2D eigenvalue weighted by Crippen LogP contribution is 2.06. The quantitative estimate of drug-likeness (QED) is 0.652. The molecule has 2 amide bonds. The Bertz CT molecular complexity index is 306. The van der Waals surface area contributed by atoms with E-state index in [4.69, 9.17) is 5.73 Å². The Hall–Kier alpha value is -0.790. The summed E-state index contributed by atoms with van der Waals surface area (Å²) in [5.74, 6) is 0.953. The lowest BCUT2D eigenvalue weighted by Gasteiger charge is -2.35. The zero-order valence-electron chi connectivity index (χ0n) is 11.7. The fourth-order valence-electron chi connectivity index (χ4n) is 2.01. The van der Waals surface area contributed by atoms with Crippen LogP contribution < -0.4 is 11.1 Å². The number of thioether (sulfide) groups is 1. The fourth-order valence-corrected chi connectivity index (χ4v) is 2.50. The van der Waals surface area contributed by atoms with Crippen LogP contribution in [0, 0.1) is 0 Å². The molecule has 1 saturated heterocycles. The Kier molecular flexibility index (Phi) is 7.19. The van der Waals surface area contributed by atoms with Gasteiger partial charge in [-0.05, 0) is 18.4 Å². The Morgan fingerprint density at radius 1 is 1.32 bits per heavy atom. The number of carbonyl (C=O) groups is 2. The normalized spacial score (nSPS) is 18.2. The van der Waals surface area contributed by atoms with Gasteiger partial charge in [0.05, 0.1) is 12.6 Å². The molecule has 1 fully saturated rings. The van der Waals surface area contributed by atoms with Gasteiger partial charge in [0, 0.05) is 33.2 Å². The highest BCUT2D eigenvalue weighted by atomic mass is 32.2. The van der Waals surface area contributed by atoms with Crippen molar-refractivity contribution >= 4 is 23.6 Å². The van der Waals surface area contributed by atoms with Crippen molar-refractivity contribution < 1.29 is 9.59 Å². The number of piperazine rings is 1. The molecule has 3 N–H and O–H groups in total. The summed E-state index contributed by atoms with van der Waals surface area (Å²) >= 11 is 1.70. The number of rotatable bonds is 6. The van der Waals surface area contributed by atoms with E-state index in [2.05, 4.69) is 10.2 Å². The minimum absolute atomic E-state index is 0.0106. The second kappa shape index (κ2) is 8.39. The minimum Gasteiger partial charge on any atom is -0.358 e. The van der Waals surface area contributed by atoms with Gasteiger partial charge in [-0.1, -0.05) is 0 Å². The Labute approximate surface area is 119 Å². The average Bonchev–Trinajstić information content (AvgIpc) is 2.44. The Morgan fingerprint density at radius 2 is 1.95 bits per heavy atom. The number of nitrogens with two attached hydrogens (primary N) is 1. The third-order valence-electron chi connectivity index (χ3n) is 3.28. The third-order valence-corrected chi connectivity index (χ3v) is 3.92. The van der Waals surface area contributed by atoms with Crippen LogP contribution in [0.4, 0.5) is 0 Å². The molecule has 0 unspecified atom stereocenters. The van der Waals surface area contributed by atoms with Crippen molar-refractivity contribution in [2.24, 2.45) is 5.73 Å². The van der Waals surface area contributed by atoms with Crippen molar-refractivity contribution in [2.75, 3.05) is 51.8 Å². The molecule has 7 heteroatoms. The van der Waals surface area contributed by atoms with Gasteiger partial charge in [0.1, 0.15) is 0 Å². The number of hydrogen-bond donors (Lipinski definition) is 2. The van der Waals surface area contributed by atoms with Crippen molar-refractivity contribution in [3.63, 3.8) is 0 Å². The van der Waals surface area contributed by atoms with Gasteiger partial charge >= 0.3 is 0 Å². The van der Waals surface area contributed by atoms with Crippen LogP contribution in [0.1, 0.15) is 6.42 Å². The number of carbonyl (C=O) groups excluding carboxylic acids is 2. The summed E-state index contributed by atoms with van der Waals surface area (Å²) in [6.07, 6.45) is 2.73. The highest BCUT2D eigenvalue weighted by molar-refractivity contribution is 7.98. The molecule has 0 aromatic rings. The molecule has 1 heterocycles. The number of nitrogens with one attached hydrogen (secondary N) is 1. The van der Waals surface area contributed by atoms with Gasteiger partial charge < -0.3 is 16.0 Å². The molecule has 0 bridgehead atoms. The van der Waals surface area contributed by atoms with E-state index < -0.39 is 6.04 Å². The number of amides is 2. The topological polar surface area (TPSA) is 78.7 Å². The molecule has 0 spiro atoms. The zero-order chi connectivity index (χ0) is 14.3. The van der Waals surface area contributed by atoms with E-state index >= 15 is 0 Å². The van der Waals surface area contributed by atoms with Crippen molar-refractivity contribution in [3.8, 4) is 0 Å². The van der Waals surface area contributed by atoms with Crippen LogP contribution in [0.2, 0.25) is 0 Å². The van der Waals surface area contributed by atoms with E-state index in [1.54, 1.807) is 18.8 Å². The fraction of sp³-hybridized carbons (Fsp3) is 0.833. The largest absolute Gasteiger partial charge is 0.358 e. The summed E-state index contributed by atoms with van der Waals surface area (Å²) in [6.45, 7) is 3.17. The van der Waals surface area contributed by atoms with Gasteiger partial charge in [-0.3, -0.25) is 14.5 Å². The second-order valence-electron chi connectivity index (χ2n) is 4.66. The van der Waals surface area contributed by atoms with Gasteiger partial charge in [0.25, 0.3) is 0 Å². The summed E-state index contributed by atoms with van der Waals surface area (Å²) in [6, 6.07) is -0.391. The zero-order valence-corrected chi connectivity index (χ0v) is 12.5. The van der Waals surface area contributed by atoms with Gasteiger partial charge in [-0.15, -0.1) is 0 Å². The maximum Gasteiger partial charge on any atom is 0.239 e. The molecule has 19 heavy (non-hydrogen) atoms. The molecule has 6 nitrogen and oxygen atoms in total. The van der Waals surface area contributed by atoms with Gasteiger partial charge in [-0.25, -0.2) is 0 Å². The van der Waals surface area contributed by atoms with Crippen LogP contribution in [-0.4, -0.2) is 79.4 Å². The van der Waals surface area contributed by atoms with E-state index in [-0.39, 0.29) is 11.8 Å². The third kappa shape index (κ3) is 5.38. The molecule has 110 valence electrons. The van der Waals surface area contributed by atoms with Crippen LogP contribution in [0.25, 0.3) is 0 Å². The summed E-state index contributed by atoms with van der Waals surface area (Å²) in [4.78, 5) is 27.2. The lowest BCUT2D eigenvalue weighted by molar-refractivity contribution is -0.134. The first-order valence-electron chi connectivity index (χ1n) is 6.54. The van der Waals surface area contributed by atoms with Crippen LogP contribution in [0.15, 0.2) is 0 Å². The van der Waals surface area contributed by atoms with E-state index in [1.807, 2.05) is 11.2 Å². The predicted molar refractivity (Wildman–Crippen MR) is 78.1 cm³/mol. The lowest BCUT2D eigenvalue weighted by Crippen LogP contribution is -2.54. The van der Waals surface area contributed by atoms with E-state index in [9.17, 15) is 9.59 Å². The molecule has 1 aliphatic heterocycles. The molecule has 0 aromatic heterocycles. The molecule has 0 saturated carbocycles. The molecular weight excluding hydrogens is 264 g/mol. The molecule has 1 aliphatic rings. The standard InChI is InChI=1S/C12H24N4O2S/c1-14-11(17)9-15-4-6-16(7-5-15)12(18)10(13)3-8-19-2/h10H,3-9,13H2,1-2H3,(H,14,17)/t10-/m1/s1. The molecule has 1 rings (SSSR count). The average molecular weight is 288 g/mol. The Balaban J connectivity index is 2.32. The summed E-state index contributed by atoms with van der Waals surface area (Å²) in [5.41, 5.74) is 5.89. The predicted octanol–water partition coefficient (Wildman–Crippen LogP) is -1.04. The maximum atomic E-state index is 12.1.